The predicted octanol–water partition coefficient (Wildman–Crippen LogP) is 5.84. The summed E-state index contributed by atoms with van der Waals surface area (Å²) in [6.07, 6.45) is -1.32. The van der Waals surface area contributed by atoms with Gasteiger partial charge in [-0.15, -0.1) is 0 Å². The molecule has 0 radical (unpaired) electrons. The van der Waals surface area contributed by atoms with E-state index < -0.39 is 6.09 Å². The van der Waals surface area contributed by atoms with Crippen molar-refractivity contribution in [3.63, 3.8) is 0 Å². The first-order valence-corrected chi connectivity index (χ1v) is 10.8. The van der Waals surface area contributed by atoms with Crippen molar-refractivity contribution >= 4 is 23.4 Å². The van der Waals surface area contributed by atoms with Gasteiger partial charge in [0, 0.05) is 24.2 Å². The standard InChI is InChI=1S/C27H23ClN2O3/c28-23-13-14-25(26(16-23)33-24-8-4-5-20(15-24)18-30-27(31)32)29-17-19-9-11-22(12-10-19)21-6-2-1-3-7-21/h1-16,29-30H,17-18H2,(H,31,32)/p-1. The van der Waals surface area contributed by atoms with Crippen molar-refractivity contribution in [1.82, 2.24) is 5.32 Å². The molecule has 0 heterocycles. The van der Waals surface area contributed by atoms with Gasteiger partial charge in [0.25, 0.3) is 0 Å². The second-order valence-electron chi connectivity index (χ2n) is 7.45. The van der Waals surface area contributed by atoms with Crippen LogP contribution in [-0.4, -0.2) is 6.09 Å². The van der Waals surface area contributed by atoms with E-state index in [4.69, 9.17) is 16.3 Å². The number of ether oxygens (including phenoxy) is 1. The maximum atomic E-state index is 10.6. The number of benzene rings is 4. The highest BCUT2D eigenvalue weighted by Crippen LogP contribution is 2.33. The molecule has 4 aromatic rings. The molecule has 166 valence electrons. The average Bonchev–Trinajstić information content (AvgIpc) is 2.83. The molecule has 0 aromatic heterocycles. The van der Waals surface area contributed by atoms with Gasteiger partial charge in [-0.05, 0) is 46.5 Å². The molecule has 0 atom stereocenters. The van der Waals surface area contributed by atoms with Crippen molar-refractivity contribution in [2.45, 2.75) is 13.1 Å². The molecule has 0 saturated heterocycles. The number of carbonyl (C=O) groups is 1. The fourth-order valence-electron chi connectivity index (χ4n) is 3.39. The molecule has 0 fully saturated rings. The van der Waals surface area contributed by atoms with Gasteiger partial charge in [-0.25, -0.2) is 0 Å². The van der Waals surface area contributed by atoms with Crippen molar-refractivity contribution in [2.75, 3.05) is 5.32 Å². The van der Waals surface area contributed by atoms with E-state index in [1.54, 1.807) is 36.4 Å². The van der Waals surface area contributed by atoms with Crippen molar-refractivity contribution in [3.8, 4) is 22.6 Å². The molecular weight excluding hydrogens is 436 g/mol. The van der Waals surface area contributed by atoms with Gasteiger partial charge in [0.2, 0.25) is 0 Å². The first-order chi connectivity index (χ1) is 16.1. The first kappa shape index (κ1) is 22.2. The van der Waals surface area contributed by atoms with E-state index in [0.29, 0.717) is 23.1 Å². The SMILES string of the molecule is O=C([O-])NCc1cccc(Oc2cc(Cl)ccc2NCc2ccc(-c3ccccc3)cc2)c1. The van der Waals surface area contributed by atoms with Gasteiger partial charge >= 0.3 is 0 Å². The number of carboxylic acid groups (broad SMARTS) is 1. The minimum absolute atomic E-state index is 0.138. The van der Waals surface area contributed by atoms with Crippen molar-refractivity contribution in [2.24, 2.45) is 0 Å². The van der Waals surface area contributed by atoms with E-state index in [-0.39, 0.29) is 6.54 Å². The molecule has 0 unspecified atom stereocenters. The maximum Gasteiger partial charge on any atom is 0.152 e. The first-order valence-electron chi connectivity index (χ1n) is 10.5. The Bertz CT molecular complexity index is 1230. The lowest BCUT2D eigenvalue weighted by Gasteiger charge is -2.15. The Balaban J connectivity index is 1.45. The molecule has 0 aliphatic carbocycles. The predicted molar refractivity (Wildman–Crippen MR) is 129 cm³/mol. The van der Waals surface area contributed by atoms with E-state index in [1.165, 1.54) is 11.1 Å². The van der Waals surface area contributed by atoms with E-state index in [2.05, 4.69) is 47.0 Å². The lowest BCUT2D eigenvalue weighted by atomic mass is 10.0. The van der Waals surface area contributed by atoms with Crippen LogP contribution >= 0.6 is 11.6 Å². The number of hydrogen-bond donors (Lipinski definition) is 2. The van der Waals surface area contributed by atoms with Gasteiger partial charge in [0.1, 0.15) is 11.8 Å². The van der Waals surface area contributed by atoms with E-state index >= 15 is 0 Å². The van der Waals surface area contributed by atoms with Gasteiger partial charge < -0.3 is 25.3 Å². The zero-order chi connectivity index (χ0) is 23.0. The van der Waals surface area contributed by atoms with Crippen molar-refractivity contribution in [3.05, 3.63) is 113 Å². The summed E-state index contributed by atoms with van der Waals surface area (Å²) < 4.78 is 6.07. The smallest absolute Gasteiger partial charge is 0.152 e. The highest BCUT2D eigenvalue weighted by atomic mass is 35.5. The lowest BCUT2D eigenvalue weighted by Crippen LogP contribution is -2.35. The molecule has 4 aromatic carbocycles. The molecule has 0 bridgehead atoms. The van der Waals surface area contributed by atoms with Gasteiger partial charge in [-0.3, -0.25) is 0 Å². The summed E-state index contributed by atoms with van der Waals surface area (Å²) in [5.74, 6) is 1.15. The average molecular weight is 458 g/mol. The molecule has 0 aliphatic rings. The van der Waals surface area contributed by atoms with Crippen molar-refractivity contribution in [1.29, 1.82) is 0 Å². The number of amides is 1. The summed E-state index contributed by atoms with van der Waals surface area (Å²) >= 11 is 6.20. The third kappa shape index (κ3) is 6.28. The van der Waals surface area contributed by atoms with Gasteiger partial charge in [-0.1, -0.05) is 78.3 Å². The minimum atomic E-state index is -1.32. The quantitative estimate of drug-likeness (QED) is 0.348. The molecule has 0 saturated carbocycles. The van der Waals surface area contributed by atoms with Gasteiger partial charge in [0.05, 0.1) is 5.69 Å². The molecule has 4 rings (SSSR count). The Kier molecular flexibility index (Phi) is 7.12. The van der Waals surface area contributed by atoms with Crippen LogP contribution in [0.4, 0.5) is 10.5 Å². The van der Waals surface area contributed by atoms with E-state index in [1.807, 2.05) is 24.3 Å². The Labute approximate surface area is 197 Å². The number of nitrogens with one attached hydrogen (secondary N) is 2. The summed E-state index contributed by atoms with van der Waals surface area (Å²) in [5, 5.41) is 16.8. The van der Waals surface area contributed by atoms with E-state index in [9.17, 15) is 9.90 Å². The molecule has 1 amide bonds. The monoisotopic (exact) mass is 457 g/mol. The topological polar surface area (TPSA) is 73.4 Å². The maximum absolute atomic E-state index is 10.6. The summed E-state index contributed by atoms with van der Waals surface area (Å²) in [5.41, 5.74) is 5.04. The zero-order valence-corrected chi connectivity index (χ0v) is 18.5. The summed E-state index contributed by atoms with van der Waals surface area (Å²) in [6, 6.07) is 31.3. The molecule has 33 heavy (non-hydrogen) atoms. The largest absolute Gasteiger partial charge is 0.530 e. The van der Waals surface area contributed by atoms with E-state index in [0.717, 1.165) is 16.8 Å². The molecule has 0 aliphatic heterocycles. The Morgan fingerprint density at radius 3 is 2.30 bits per heavy atom. The van der Waals surface area contributed by atoms with Crippen molar-refractivity contribution < 1.29 is 14.6 Å². The molecule has 2 N–H and O–H groups in total. The number of hydrogen-bond acceptors (Lipinski definition) is 4. The van der Waals surface area contributed by atoms with Gasteiger partial charge in [-0.2, -0.15) is 0 Å². The third-order valence-corrected chi connectivity index (χ3v) is 5.29. The summed E-state index contributed by atoms with van der Waals surface area (Å²) in [4.78, 5) is 10.6. The molecule has 0 spiro atoms. The number of rotatable bonds is 8. The second kappa shape index (κ2) is 10.6. The van der Waals surface area contributed by atoms with Crippen LogP contribution in [0.15, 0.2) is 97.1 Å². The summed E-state index contributed by atoms with van der Waals surface area (Å²) in [7, 11) is 0. The van der Waals surface area contributed by atoms with Crippen LogP contribution in [0.2, 0.25) is 5.02 Å². The van der Waals surface area contributed by atoms with Crippen LogP contribution < -0.4 is 20.5 Å². The zero-order valence-electron chi connectivity index (χ0n) is 17.8. The lowest BCUT2D eigenvalue weighted by molar-refractivity contribution is -0.251. The van der Waals surface area contributed by atoms with Gasteiger partial charge in [0.15, 0.2) is 5.75 Å². The number of anilines is 1. The van der Waals surface area contributed by atoms with Crippen LogP contribution in [0.5, 0.6) is 11.5 Å². The van der Waals surface area contributed by atoms with Crippen LogP contribution in [0.1, 0.15) is 11.1 Å². The van der Waals surface area contributed by atoms with Crippen LogP contribution in [0, 0.1) is 0 Å². The number of halogens is 1. The highest BCUT2D eigenvalue weighted by molar-refractivity contribution is 6.30. The second-order valence-corrected chi connectivity index (χ2v) is 7.88. The minimum Gasteiger partial charge on any atom is -0.530 e. The number of carbonyl (C=O) groups excluding carboxylic acids is 1. The molecule has 5 nitrogen and oxygen atoms in total. The Morgan fingerprint density at radius 1 is 0.788 bits per heavy atom. The fourth-order valence-corrected chi connectivity index (χ4v) is 3.55. The fraction of sp³-hybridized carbons (Fsp3) is 0.0741. The molecular formula is C27H22ClN2O3-. The third-order valence-electron chi connectivity index (χ3n) is 5.05. The normalized spacial score (nSPS) is 10.5. The van der Waals surface area contributed by atoms with Crippen LogP contribution in [0.3, 0.4) is 0 Å². The Hall–Kier alpha value is -3.96. The summed E-state index contributed by atoms with van der Waals surface area (Å²) in [6.45, 7) is 0.752. The van der Waals surface area contributed by atoms with Crippen LogP contribution in [0.25, 0.3) is 11.1 Å². The van der Waals surface area contributed by atoms with Crippen LogP contribution in [-0.2, 0) is 13.1 Å². The molecule has 6 heteroatoms. The highest BCUT2D eigenvalue weighted by Gasteiger charge is 2.08. The Morgan fingerprint density at radius 2 is 1.55 bits per heavy atom.